The first kappa shape index (κ1) is 19.7. The van der Waals surface area contributed by atoms with E-state index >= 15 is 0 Å². The van der Waals surface area contributed by atoms with E-state index in [9.17, 15) is 9.59 Å². The largest absolute Gasteiger partial charge is 0.494 e. The number of fused-ring (bicyclic) bond motifs is 1. The molecule has 3 aromatic rings. The van der Waals surface area contributed by atoms with Crippen LogP contribution in [0.15, 0.2) is 78.9 Å². The Labute approximate surface area is 176 Å². The summed E-state index contributed by atoms with van der Waals surface area (Å²) in [4.78, 5) is 27.9. The second-order valence-electron chi connectivity index (χ2n) is 7.18. The number of hydrogen-bond acceptors (Lipinski definition) is 3. The van der Waals surface area contributed by atoms with Crippen LogP contribution in [0.3, 0.4) is 0 Å². The third-order valence-electron chi connectivity index (χ3n) is 5.22. The third-order valence-corrected chi connectivity index (χ3v) is 5.22. The number of hydrogen-bond donors (Lipinski definition) is 1. The molecule has 5 heteroatoms. The van der Waals surface area contributed by atoms with Gasteiger partial charge < -0.3 is 10.1 Å². The predicted octanol–water partition coefficient (Wildman–Crippen LogP) is 3.97. The maximum Gasteiger partial charge on any atom is 0.259 e. The Hall–Kier alpha value is -3.60. The number of carbonyl (C=O) groups excluding carboxylic acids is 2. The van der Waals surface area contributed by atoms with Crippen LogP contribution in [-0.4, -0.2) is 24.5 Å². The molecule has 0 fully saturated rings. The van der Waals surface area contributed by atoms with E-state index in [4.69, 9.17) is 4.74 Å². The number of ether oxygens (including phenoxy) is 1. The minimum Gasteiger partial charge on any atom is -0.494 e. The van der Waals surface area contributed by atoms with Crippen LogP contribution in [0.25, 0.3) is 0 Å². The van der Waals surface area contributed by atoms with Crippen LogP contribution >= 0.6 is 0 Å². The standard InChI is InChI=1S/C25H24N2O3/c1-2-30-21-14-12-18(13-15-21)17-26-24(28)23-16-20-10-6-7-11-22(20)27(23)25(29)19-8-4-3-5-9-19/h3-15,23H,2,16-17H2,1H3,(H,26,28)/t23-/m0/s1. The summed E-state index contributed by atoms with van der Waals surface area (Å²) in [5, 5.41) is 2.99. The zero-order valence-electron chi connectivity index (χ0n) is 16.9. The van der Waals surface area contributed by atoms with Gasteiger partial charge >= 0.3 is 0 Å². The quantitative estimate of drug-likeness (QED) is 0.681. The molecule has 0 radical (unpaired) electrons. The van der Waals surface area contributed by atoms with Crippen molar-refractivity contribution in [1.29, 1.82) is 0 Å². The predicted molar refractivity (Wildman–Crippen MR) is 117 cm³/mol. The molecule has 1 atom stereocenters. The van der Waals surface area contributed by atoms with Gasteiger partial charge in [-0.2, -0.15) is 0 Å². The third kappa shape index (κ3) is 4.06. The highest BCUT2D eigenvalue weighted by Gasteiger charge is 2.38. The first-order valence-electron chi connectivity index (χ1n) is 10.1. The Morgan fingerprint density at radius 2 is 1.67 bits per heavy atom. The maximum atomic E-state index is 13.2. The molecule has 0 aliphatic carbocycles. The number of amides is 2. The molecule has 0 bridgehead atoms. The highest BCUT2D eigenvalue weighted by atomic mass is 16.5. The van der Waals surface area contributed by atoms with Crippen molar-refractivity contribution in [3.8, 4) is 5.75 Å². The molecule has 0 spiro atoms. The van der Waals surface area contributed by atoms with Gasteiger partial charge in [-0.3, -0.25) is 14.5 Å². The molecule has 0 unspecified atom stereocenters. The first-order chi connectivity index (χ1) is 14.7. The fraction of sp³-hybridized carbons (Fsp3) is 0.200. The summed E-state index contributed by atoms with van der Waals surface area (Å²) in [6.07, 6.45) is 0.504. The average molecular weight is 400 g/mol. The lowest BCUT2D eigenvalue weighted by Gasteiger charge is -2.25. The molecule has 5 nitrogen and oxygen atoms in total. The SMILES string of the molecule is CCOc1ccc(CNC(=O)[C@@H]2Cc3ccccc3N2C(=O)c2ccccc2)cc1. The van der Waals surface area contributed by atoms with Crippen LogP contribution in [0.1, 0.15) is 28.4 Å². The van der Waals surface area contributed by atoms with Crippen LogP contribution < -0.4 is 15.0 Å². The van der Waals surface area contributed by atoms with E-state index in [2.05, 4.69) is 5.32 Å². The van der Waals surface area contributed by atoms with Crippen molar-refractivity contribution >= 4 is 17.5 Å². The molecule has 4 rings (SSSR count). The molecular weight excluding hydrogens is 376 g/mol. The molecule has 1 N–H and O–H groups in total. The van der Waals surface area contributed by atoms with E-state index in [-0.39, 0.29) is 11.8 Å². The Balaban J connectivity index is 1.51. The number of nitrogens with one attached hydrogen (secondary N) is 1. The number of nitrogens with zero attached hydrogens (tertiary/aromatic N) is 1. The number of para-hydroxylation sites is 1. The number of benzene rings is 3. The minimum absolute atomic E-state index is 0.163. The molecule has 2 amide bonds. The lowest BCUT2D eigenvalue weighted by atomic mass is 10.1. The van der Waals surface area contributed by atoms with Crippen molar-refractivity contribution in [2.45, 2.75) is 25.9 Å². The second-order valence-corrected chi connectivity index (χ2v) is 7.18. The van der Waals surface area contributed by atoms with E-state index < -0.39 is 6.04 Å². The van der Waals surface area contributed by atoms with Crippen molar-refractivity contribution in [2.75, 3.05) is 11.5 Å². The number of carbonyl (C=O) groups is 2. The first-order valence-corrected chi connectivity index (χ1v) is 10.1. The summed E-state index contributed by atoms with van der Waals surface area (Å²) in [6.45, 7) is 2.95. The van der Waals surface area contributed by atoms with E-state index in [1.807, 2.05) is 73.7 Å². The van der Waals surface area contributed by atoms with Crippen molar-refractivity contribution in [2.24, 2.45) is 0 Å². The van der Waals surface area contributed by atoms with E-state index in [0.29, 0.717) is 25.1 Å². The fourth-order valence-electron chi connectivity index (χ4n) is 3.74. The Morgan fingerprint density at radius 3 is 2.40 bits per heavy atom. The van der Waals surface area contributed by atoms with Gasteiger partial charge in [0.25, 0.3) is 5.91 Å². The van der Waals surface area contributed by atoms with Gasteiger partial charge in [-0.15, -0.1) is 0 Å². The zero-order valence-corrected chi connectivity index (χ0v) is 16.9. The lowest BCUT2D eigenvalue weighted by molar-refractivity contribution is -0.122. The van der Waals surface area contributed by atoms with Crippen LogP contribution in [0, 0.1) is 0 Å². The minimum atomic E-state index is -0.571. The molecule has 152 valence electrons. The monoisotopic (exact) mass is 400 g/mol. The lowest BCUT2D eigenvalue weighted by Crippen LogP contribution is -2.48. The summed E-state index contributed by atoms with van der Waals surface area (Å²) in [6, 6.07) is 23.9. The number of anilines is 1. The molecule has 0 aromatic heterocycles. The summed E-state index contributed by atoms with van der Waals surface area (Å²) in [5.74, 6) is 0.476. The van der Waals surface area contributed by atoms with Gasteiger partial charge in [-0.25, -0.2) is 0 Å². The van der Waals surface area contributed by atoms with Gasteiger partial charge in [-0.05, 0) is 48.4 Å². The van der Waals surface area contributed by atoms with Gasteiger partial charge in [-0.1, -0.05) is 48.5 Å². The van der Waals surface area contributed by atoms with Crippen LogP contribution in [0.4, 0.5) is 5.69 Å². The highest BCUT2D eigenvalue weighted by Crippen LogP contribution is 2.33. The van der Waals surface area contributed by atoms with Crippen LogP contribution in [0.2, 0.25) is 0 Å². The fourth-order valence-corrected chi connectivity index (χ4v) is 3.74. The zero-order chi connectivity index (χ0) is 20.9. The van der Waals surface area contributed by atoms with Gasteiger partial charge in [0.2, 0.25) is 5.91 Å². The van der Waals surface area contributed by atoms with Crippen molar-refractivity contribution in [1.82, 2.24) is 5.32 Å². The molecule has 3 aromatic carbocycles. The molecular formula is C25H24N2O3. The highest BCUT2D eigenvalue weighted by molar-refractivity contribution is 6.11. The smallest absolute Gasteiger partial charge is 0.259 e. The van der Waals surface area contributed by atoms with E-state index in [0.717, 1.165) is 22.6 Å². The molecule has 1 heterocycles. The molecule has 30 heavy (non-hydrogen) atoms. The van der Waals surface area contributed by atoms with Gasteiger partial charge in [0.1, 0.15) is 11.8 Å². The van der Waals surface area contributed by atoms with E-state index in [1.54, 1.807) is 17.0 Å². The average Bonchev–Trinajstić information content (AvgIpc) is 3.18. The Kier molecular flexibility index (Phi) is 5.80. The molecule has 0 saturated carbocycles. The molecule has 1 aliphatic rings. The topological polar surface area (TPSA) is 58.6 Å². The van der Waals surface area contributed by atoms with Crippen LogP contribution in [-0.2, 0) is 17.8 Å². The number of rotatable bonds is 6. The Bertz CT molecular complexity index is 1030. The summed E-state index contributed by atoms with van der Waals surface area (Å²) < 4.78 is 5.45. The van der Waals surface area contributed by atoms with Crippen molar-refractivity contribution < 1.29 is 14.3 Å². The summed E-state index contributed by atoms with van der Waals surface area (Å²) in [7, 11) is 0. The van der Waals surface area contributed by atoms with Crippen molar-refractivity contribution in [3.63, 3.8) is 0 Å². The van der Waals surface area contributed by atoms with Crippen molar-refractivity contribution in [3.05, 3.63) is 95.6 Å². The maximum absolute atomic E-state index is 13.2. The van der Waals surface area contributed by atoms with Gasteiger partial charge in [0, 0.05) is 24.2 Å². The van der Waals surface area contributed by atoms with Crippen LogP contribution in [0.5, 0.6) is 5.75 Å². The van der Waals surface area contributed by atoms with E-state index in [1.165, 1.54) is 0 Å². The van der Waals surface area contributed by atoms with Gasteiger partial charge in [0.05, 0.1) is 6.61 Å². The molecule has 0 saturated heterocycles. The molecule has 1 aliphatic heterocycles. The normalized spacial score (nSPS) is 14.8. The summed E-state index contributed by atoms with van der Waals surface area (Å²) >= 11 is 0. The summed E-state index contributed by atoms with van der Waals surface area (Å²) in [5.41, 5.74) is 3.34. The second kappa shape index (κ2) is 8.82. The van der Waals surface area contributed by atoms with Gasteiger partial charge in [0.15, 0.2) is 0 Å². The Morgan fingerprint density at radius 1 is 0.967 bits per heavy atom.